The van der Waals surface area contributed by atoms with Crippen molar-refractivity contribution in [3.63, 3.8) is 0 Å². The zero-order valence-corrected chi connectivity index (χ0v) is 22.2. The Morgan fingerprint density at radius 1 is 0.846 bits per heavy atom. The van der Waals surface area contributed by atoms with E-state index in [1.165, 1.54) is 0 Å². The lowest BCUT2D eigenvalue weighted by Gasteiger charge is -2.37. The fourth-order valence-corrected chi connectivity index (χ4v) is 5.58. The molecule has 8 nitrogen and oxygen atoms in total. The molecule has 0 bridgehead atoms. The number of nitrogen functional groups attached to an aromatic ring is 1. The summed E-state index contributed by atoms with van der Waals surface area (Å²) in [6.07, 6.45) is 16.8. The Hall–Kier alpha value is -4.30. The molecule has 0 radical (unpaired) electrons. The van der Waals surface area contributed by atoms with Gasteiger partial charge < -0.3 is 29.6 Å². The van der Waals surface area contributed by atoms with Crippen LogP contribution in [-0.4, -0.2) is 50.6 Å². The molecule has 1 fully saturated rings. The molecule has 0 saturated heterocycles. The maximum atomic E-state index is 6.41. The molecule has 4 aromatic rings. The van der Waals surface area contributed by atoms with Crippen LogP contribution in [0.4, 0.5) is 5.82 Å². The Labute approximate surface area is 229 Å². The fourth-order valence-electron chi connectivity index (χ4n) is 5.58. The molecule has 6 rings (SSSR count). The maximum absolute atomic E-state index is 6.41. The van der Waals surface area contributed by atoms with Gasteiger partial charge in [-0.15, -0.1) is 0 Å². The molecule has 2 aromatic heterocycles. The van der Waals surface area contributed by atoms with Crippen LogP contribution in [0.1, 0.15) is 31.7 Å². The highest BCUT2D eigenvalue weighted by Crippen LogP contribution is 2.39. The molecule has 8 heteroatoms. The van der Waals surface area contributed by atoms with E-state index in [0.29, 0.717) is 24.5 Å². The molecule has 0 atom stereocenters. The van der Waals surface area contributed by atoms with Crippen molar-refractivity contribution < 1.29 is 9.47 Å². The van der Waals surface area contributed by atoms with E-state index in [4.69, 9.17) is 15.2 Å². The normalized spacial score (nSPS) is 19.1. The molecule has 2 N–H and O–H groups in total. The van der Waals surface area contributed by atoms with E-state index in [0.717, 1.165) is 65.9 Å². The molecule has 1 aliphatic carbocycles. The molecule has 1 saturated carbocycles. The highest BCUT2D eigenvalue weighted by Gasteiger charge is 2.28. The summed E-state index contributed by atoms with van der Waals surface area (Å²) < 4.78 is 13.5. The van der Waals surface area contributed by atoms with Gasteiger partial charge in [-0.25, -0.2) is 9.97 Å². The summed E-state index contributed by atoms with van der Waals surface area (Å²) in [6.45, 7) is 1.58. The molecule has 3 heterocycles. The van der Waals surface area contributed by atoms with Gasteiger partial charge in [0.1, 0.15) is 29.3 Å². The van der Waals surface area contributed by atoms with E-state index in [-0.39, 0.29) is 0 Å². The minimum absolute atomic E-state index is 0.364. The summed E-state index contributed by atoms with van der Waals surface area (Å²) in [6, 6.07) is 18.8. The summed E-state index contributed by atoms with van der Waals surface area (Å²) >= 11 is 0. The van der Waals surface area contributed by atoms with Crippen LogP contribution in [0.3, 0.4) is 0 Å². The summed E-state index contributed by atoms with van der Waals surface area (Å²) in [7, 11) is 1.73. The van der Waals surface area contributed by atoms with Crippen molar-refractivity contribution in [2.24, 2.45) is 0 Å². The number of para-hydroxylation sites is 1. The Kier molecular flexibility index (Phi) is 7.19. The Balaban J connectivity index is 1.19. The highest BCUT2D eigenvalue weighted by molar-refractivity contribution is 6.00. The topological polar surface area (TPSA) is 81.7 Å². The number of aromatic nitrogens is 3. The van der Waals surface area contributed by atoms with Crippen LogP contribution in [0.5, 0.6) is 11.5 Å². The second-order valence-electron chi connectivity index (χ2n) is 10.1. The molecule has 200 valence electrons. The lowest BCUT2D eigenvalue weighted by atomic mass is 9.90. The smallest absolute Gasteiger partial charge is 0.146 e. The van der Waals surface area contributed by atoms with Gasteiger partial charge in [0.05, 0.1) is 12.0 Å². The first-order valence-corrected chi connectivity index (χ1v) is 13.5. The number of nitrogens with two attached hydrogens (primary N) is 1. The van der Waals surface area contributed by atoms with E-state index < -0.39 is 0 Å². The number of benzene rings is 2. The average molecular weight is 523 g/mol. The number of ether oxygens (including phenoxy) is 2. The van der Waals surface area contributed by atoms with Crippen LogP contribution < -0.4 is 10.5 Å². The minimum Gasteiger partial charge on any atom is -0.457 e. The highest BCUT2D eigenvalue weighted by atomic mass is 16.5. The molecule has 2 aliphatic rings. The van der Waals surface area contributed by atoms with Crippen LogP contribution in [0.25, 0.3) is 22.2 Å². The molecular formula is C31H34N6O2. The van der Waals surface area contributed by atoms with Gasteiger partial charge in [-0.2, -0.15) is 0 Å². The third-order valence-corrected chi connectivity index (χ3v) is 7.68. The Bertz CT molecular complexity index is 1440. The zero-order valence-electron chi connectivity index (χ0n) is 22.2. The van der Waals surface area contributed by atoms with Gasteiger partial charge in [-0.1, -0.05) is 30.3 Å². The predicted octanol–water partition coefficient (Wildman–Crippen LogP) is 6.16. The van der Waals surface area contributed by atoms with E-state index in [2.05, 4.69) is 67.5 Å². The van der Waals surface area contributed by atoms with Crippen LogP contribution in [-0.2, 0) is 4.74 Å². The summed E-state index contributed by atoms with van der Waals surface area (Å²) in [5.41, 5.74) is 9.42. The SMILES string of the molecule is COCCN1C=CN(C2CCC(n3cc(-c4ccc(Oc5ccccc5)cc4)c4c(N)ncnc43)CC2)C=C1. The van der Waals surface area contributed by atoms with Crippen LogP contribution >= 0.6 is 0 Å². The standard InChI is InChI=1S/C31H34N6O2/c1-38-20-19-35-15-17-36(18-16-35)24-9-11-25(12-10-24)37-21-28(29-30(32)33-22-34-31(29)37)23-7-13-27(14-8-23)39-26-5-3-2-4-6-26/h2-8,13-18,21-22,24-25H,9-12,19-20H2,1H3,(H2,32,33,34). The monoisotopic (exact) mass is 522 g/mol. The van der Waals surface area contributed by atoms with Crippen molar-refractivity contribution in [3.8, 4) is 22.6 Å². The van der Waals surface area contributed by atoms with Crippen molar-refractivity contribution >= 4 is 16.9 Å². The molecule has 1 aliphatic heterocycles. The lowest BCUT2D eigenvalue weighted by molar-refractivity contribution is 0.177. The van der Waals surface area contributed by atoms with Gasteiger partial charge in [-0.3, -0.25) is 0 Å². The van der Waals surface area contributed by atoms with Crippen molar-refractivity contribution in [1.29, 1.82) is 0 Å². The van der Waals surface area contributed by atoms with Crippen LogP contribution in [0.2, 0.25) is 0 Å². The summed E-state index contributed by atoms with van der Waals surface area (Å²) in [4.78, 5) is 13.5. The first kappa shape index (κ1) is 25.0. The average Bonchev–Trinajstić information content (AvgIpc) is 3.38. The van der Waals surface area contributed by atoms with E-state index in [1.54, 1.807) is 13.4 Å². The zero-order chi connectivity index (χ0) is 26.6. The second-order valence-corrected chi connectivity index (χ2v) is 10.1. The number of hydrogen-bond donors (Lipinski definition) is 1. The van der Waals surface area contributed by atoms with Gasteiger partial charge in [0.15, 0.2) is 0 Å². The molecule has 0 amide bonds. The quantitative estimate of drug-likeness (QED) is 0.297. The van der Waals surface area contributed by atoms with Crippen molar-refractivity contribution in [3.05, 3.63) is 91.9 Å². The van der Waals surface area contributed by atoms with Crippen LogP contribution in [0.15, 0.2) is 91.9 Å². The first-order valence-electron chi connectivity index (χ1n) is 13.5. The van der Waals surface area contributed by atoms with Gasteiger partial charge in [0, 0.05) is 62.3 Å². The maximum Gasteiger partial charge on any atom is 0.146 e. The second kappa shape index (κ2) is 11.2. The molecule has 2 aromatic carbocycles. The van der Waals surface area contributed by atoms with Gasteiger partial charge in [-0.05, 0) is 55.5 Å². The largest absolute Gasteiger partial charge is 0.457 e. The molecule has 39 heavy (non-hydrogen) atoms. The number of hydrogen-bond acceptors (Lipinski definition) is 7. The van der Waals surface area contributed by atoms with Crippen LogP contribution in [0, 0.1) is 0 Å². The third-order valence-electron chi connectivity index (χ3n) is 7.68. The number of rotatable bonds is 8. The Morgan fingerprint density at radius 3 is 2.26 bits per heavy atom. The van der Waals surface area contributed by atoms with Gasteiger partial charge in [0.25, 0.3) is 0 Å². The van der Waals surface area contributed by atoms with Gasteiger partial charge in [0.2, 0.25) is 0 Å². The Morgan fingerprint density at radius 2 is 1.54 bits per heavy atom. The molecule has 0 unspecified atom stereocenters. The van der Waals surface area contributed by atoms with Crippen molar-refractivity contribution in [2.75, 3.05) is 26.0 Å². The molecule has 0 spiro atoms. The van der Waals surface area contributed by atoms with Crippen molar-refractivity contribution in [1.82, 2.24) is 24.3 Å². The molecular weight excluding hydrogens is 488 g/mol. The lowest BCUT2D eigenvalue weighted by Crippen LogP contribution is -2.34. The number of fused-ring (bicyclic) bond motifs is 1. The third kappa shape index (κ3) is 5.33. The first-order chi connectivity index (χ1) is 19.2. The van der Waals surface area contributed by atoms with Gasteiger partial charge >= 0.3 is 0 Å². The van der Waals surface area contributed by atoms with Crippen molar-refractivity contribution in [2.45, 2.75) is 37.8 Å². The number of methoxy groups -OCH3 is 1. The van der Waals surface area contributed by atoms with E-state index >= 15 is 0 Å². The number of anilines is 1. The predicted molar refractivity (Wildman–Crippen MR) is 154 cm³/mol. The summed E-state index contributed by atoms with van der Waals surface area (Å²) in [5, 5.41) is 0.911. The van der Waals surface area contributed by atoms with E-state index in [1.807, 2.05) is 42.5 Å². The summed E-state index contributed by atoms with van der Waals surface area (Å²) in [5.74, 6) is 2.11. The van der Waals surface area contributed by atoms with E-state index in [9.17, 15) is 0 Å². The minimum atomic E-state index is 0.364. The fraction of sp³-hybridized carbons (Fsp3) is 0.290. The number of nitrogens with zero attached hydrogens (tertiary/aromatic N) is 5.